The van der Waals surface area contributed by atoms with Gasteiger partial charge in [0.25, 0.3) is 11.6 Å². The normalized spacial score (nSPS) is 16.4. The van der Waals surface area contributed by atoms with Gasteiger partial charge in [-0.3, -0.25) is 14.9 Å². The van der Waals surface area contributed by atoms with Crippen molar-refractivity contribution in [3.8, 4) is 0 Å². The summed E-state index contributed by atoms with van der Waals surface area (Å²) in [5, 5.41) is 12.2. The van der Waals surface area contributed by atoms with Gasteiger partial charge in [0.15, 0.2) is 0 Å². The number of benzene rings is 3. The molecule has 1 aliphatic heterocycles. The SMILES string of the molecule is O=C1c2[nH]c3ccccc3c2[C@H](c2cccc([N+](=O)[O-])c2)OCCN1Cc1ccccc1. The Labute approximate surface area is 184 Å². The van der Waals surface area contributed by atoms with Crippen LogP contribution in [-0.2, 0) is 11.3 Å². The van der Waals surface area contributed by atoms with Crippen LogP contribution >= 0.6 is 0 Å². The molecule has 2 heterocycles. The molecule has 0 bridgehead atoms. The number of nitrogens with one attached hydrogen (secondary N) is 1. The van der Waals surface area contributed by atoms with Gasteiger partial charge in [0.2, 0.25) is 0 Å². The second-order valence-corrected chi connectivity index (χ2v) is 7.77. The number of hydrogen-bond acceptors (Lipinski definition) is 4. The Bertz CT molecular complexity index is 1300. The lowest BCUT2D eigenvalue weighted by Gasteiger charge is -2.29. The minimum absolute atomic E-state index is 0.00780. The maximum atomic E-state index is 13.6. The van der Waals surface area contributed by atoms with Gasteiger partial charge in [0.1, 0.15) is 11.8 Å². The number of nitro groups is 1. The molecule has 3 aromatic carbocycles. The van der Waals surface area contributed by atoms with Crippen LogP contribution in [-0.4, -0.2) is 33.9 Å². The second kappa shape index (κ2) is 8.28. The maximum absolute atomic E-state index is 13.6. The Kier molecular flexibility index (Phi) is 5.17. The van der Waals surface area contributed by atoms with Crippen molar-refractivity contribution in [3.05, 3.63) is 111 Å². The zero-order valence-corrected chi connectivity index (χ0v) is 17.2. The zero-order chi connectivity index (χ0) is 22.1. The number of aromatic amines is 1. The number of hydrogen-bond donors (Lipinski definition) is 1. The highest BCUT2D eigenvalue weighted by Crippen LogP contribution is 2.37. The molecule has 0 fully saturated rings. The van der Waals surface area contributed by atoms with Gasteiger partial charge in [0, 0.05) is 41.7 Å². The summed E-state index contributed by atoms with van der Waals surface area (Å²) in [6, 6.07) is 23.9. The average molecular weight is 427 g/mol. The summed E-state index contributed by atoms with van der Waals surface area (Å²) < 4.78 is 6.28. The lowest BCUT2D eigenvalue weighted by molar-refractivity contribution is -0.385. The molecule has 160 valence electrons. The molecule has 0 radical (unpaired) electrons. The Morgan fingerprint density at radius 3 is 2.62 bits per heavy atom. The molecule has 1 atom stereocenters. The zero-order valence-electron chi connectivity index (χ0n) is 17.2. The number of non-ortho nitro benzene ring substituents is 1. The minimum Gasteiger partial charge on any atom is -0.367 e. The van der Waals surface area contributed by atoms with Gasteiger partial charge in [-0.15, -0.1) is 0 Å². The molecule has 0 unspecified atom stereocenters. The maximum Gasteiger partial charge on any atom is 0.271 e. The lowest BCUT2D eigenvalue weighted by atomic mass is 9.96. The second-order valence-electron chi connectivity index (χ2n) is 7.77. The Balaban J connectivity index is 1.62. The van der Waals surface area contributed by atoms with Crippen molar-refractivity contribution >= 4 is 22.5 Å². The van der Waals surface area contributed by atoms with E-state index in [1.165, 1.54) is 12.1 Å². The molecule has 0 aliphatic carbocycles. The van der Waals surface area contributed by atoms with Crippen molar-refractivity contribution in [1.29, 1.82) is 0 Å². The number of aromatic nitrogens is 1. The number of carbonyl (C=O) groups is 1. The smallest absolute Gasteiger partial charge is 0.271 e. The fourth-order valence-corrected chi connectivity index (χ4v) is 4.25. The molecule has 1 aromatic heterocycles. The quantitative estimate of drug-likeness (QED) is 0.373. The molecule has 32 heavy (non-hydrogen) atoms. The fourth-order valence-electron chi connectivity index (χ4n) is 4.25. The van der Waals surface area contributed by atoms with Gasteiger partial charge in [-0.1, -0.05) is 60.7 Å². The molecule has 1 N–H and O–H groups in total. The van der Waals surface area contributed by atoms with E-state index in [9.17, 15) is 14.9 Å². The number of carbonyl (C=O) groups excluding carboxylic acids is 1. The minimum atomic E-state index is -0.594. The van der Waals surface area contributed by atoms with Crippen LogP contribution in [0.3, 0.4) is 0 Å². The summed E-state index contributed by atoms with van der Waals surface area (Å²) in [4.78, 5) is 29.6. The highest BCUT2D eigenvalue weighted by atomic mass is 16.6. The van der Waals surface area contributed by atoms with E-state index in [4.69, 9.17) is 4.74 Å². The van der Waals surface area contributed by atoms with Gasteiger partial charge in [-0.2, -0.15) is 0 Å². The van der Waals surface area contributed by atoms with Crippen molar-refractivity contribution in [2.75, 3.05) is 13.2 Å². The summed E-state index contributed by atoms with van der Waals surface area (Å²) in [5.74, 6) is -0.112. The molecule has 4 aromatic rings. The molecular formula is C25H21N3O4. The first-order valence-electron chi connectivity index (χ1n) is 10.4. The van der Waals surface area contributed by atoms with Crippen LogP contribution in [0, 0.1) is 10.1 Å². The van der Waals surface area contributed by atoms with Crippen LogP contribution in [0.2, 0.25) is 0 Å². The van der Waals surface area contributed by atoms with E-state index < -0.39 is 11.0 Å². The van der Waals surface area contributed by atoms with E-state index in [1.54, 1.807) is 17.0 Å². The first kappa shape index (κ1) is 20.0. The molecule has 7 nitrogen and oxygen atoms in total. The van der Waals surface area contributed by atoms with Gasteiger partial charge in [0.05, 0.1) is 11.5 Å². The van der Waals surface area contributed by atoms with Gasteiger partial charge in [-0.25, -0.2) is 0 Å². The molecular weight excluding hydrogens is 406 g/mol. The number of rotatable bonds is 4. The van der Waals surface area contributed by atoms with Crippen molar-refractivity contribution in [2.24, 2.45) is 0 Å². The van der Waals surface area contributed by atoms with E-state index in [0.717, 1.165) is 16.5 Å². The van der Waals surface area contributed by atoms with Crippen molar-refractivity contribution in [3.63, 3.8) is 0 Å². The summed E-state index contributed by atoms with van der Waals surface area (Å²) >= 11 is 0. The van der Waals surface area contributed by atoms with E-state index >= 15 is 0 Å². The third-order valence-corrected chi connectivity index (χ3v) is 5.76. The number of nitro benzene ring substituents is 1. The Morgan fingerprint density at radius 1 is 1.03 bits per heavy atom. The standard InChI is InChI=1S/C25H21N3O4/c29-25-23-22(20-11-4-5-12-21(20)26-23)24(18-9-6-10-19(15-18)28(30)31)32-14-13-27(25)16-17-7-2-1-3-8-17/h1-12,15,24,26H,13-14,16H2/t24-/m0/s1. The number of para-hydroxylation sites is 1. The average Bonchev–Trinajstić information content (AvgIpc) is 3.19. The summed E-state index contributed by atoms with van der Waals surface area (Å²) in [6.45, 7) is 1.19. The summed E-state index contributed by atoms with van der Waals surface area (Å²) in [5.41, 5.74) is 3.67. The van der Waals surface area contributed by atoms with Crippen LogP contribution in [0.4, 0.5) is 5.69 Å². The number of ether oxygens (including phenoxy) is 1. The first-order valence-corrected chi connectivity index (χ1v) is 10.4. The molecule has 0 saturated carbocycles. The number of amides is 1. The van der Waals surface area contributed by atoms with Gasteiger partial charge in [-0.05, 0) is 17.2 Å². The monoisotopic (exact) mass is 427 g/mol. The number of nitrogens with zero attached hydrogens (tertiary/aromatic N) is 2. The van der Waals surface area contributed by atoms with Crippen molar-refractivity contribution < 1.29 is 14.5 Å². The van der Waals surface area contributed by atoms with Crippen LogP contribution in [0.25, 0.3) is 10.9 Å². The highest BCUT2D eigenvalue weighted by Gasteiger charge is 2.32. The van der Waals surface area contributed by atoms with Crippen LogP contribution in [0.5, 0.6) is 0 Å². The third-order valence-electron chi connectivity index (χ3n) is 5.76. The summed E-state index contributed by atoms with van der Waals surface area (Å²) in [6.07, 6.45) is -0.594. The third kappa shape index (κ3) is 3.63. The van der Waals surface area contributed by atoms with E-state index in [0.29, 0.717) is 36.5 Å². The molecule has 0 spiro atoms. The molecule has 1 amide bonds. The van der Waals surface area contributed by atoms with E-state index in [1.807, 2.05) is 54.6 Å². The van der Waals surface area contributed by atoms with Crippen LogP contribution in [0.1, 0.15) is 33.3 Å². The predicted molar refractivity (Wildman–Crippen MR) is 120 cm³/mol. The molecule has 7 heteroatoms. The van der Waals surface area contributed by atoms with Crippen LogP contribution < -0.4 is 0 Å². The lowest BCUT2D eigenvalue weighted by Crippen LogP contribution is -2.36. The van der Waals surface area contributed by atoms with Crippen molar-refractivity contribution in [2.45, 2.75) is 12.6 Å². The van der Waals surface area contributed by atoms with Gasteiger partial charge < -0.3 is 14.6 Å². The Hall–Kier alpha value is -3.97. The highest BCUT2D eigenvalue weighted by molar-refractivity contribution is 6.01. The largest absolute Gasteiger partial charge is 0.367 e. The first-order chi connectivity index (χ1) is 15.6. The Morgan fingerprint density at radius 2 is 1.81 bits per heavy atom. The molecule has 1 aliphatic rings. The topological polar surface area (TPSA) is 88.5 Å². The van der Waals surface area contributed by atoms with E-state index in [-0.39, 0.29) is 11.6 Å². The van der Waals surface area contributed by atoms with Gasteiger partial charge >= 0.3 is 0 Å². The fraction of sp³-hybridized carbons (Fsp3) is 0.160. The molecule has 5 rings (SSSR count). The number of fused-ring (bicyclic) bond motifs is 3. The summed E-state index contributed by atoms with van der Waals surface area (Å²) in [7, 11) is 0. The van der Waals surface area contributed by atoms with Crippen LogP contribution in [0.15, 0.2) is 78.9 Å². The van der Waals surface area contributed by atoms with E-state index in [2.05, 4.69) is 4.98 Å². The predicted octanol–water partition coefficient (Wildman–Crippen LogP) is 4.84. The van der Waals surface area contributed by atoms with Crippen molar-refractivity contribution in [1.82, 2.24) is 9.88 Å². The number of H-pyrrole nitrogens is 1. The molecule has 0 saturated heterocycles.